The van der Waals surface area contributed by atoms with Crippen molar-refractivity contribution >= 4 is 17.4 Å². The molecule has 0 saturated heterocycles. The predicted octanol–water partition coefficient (Wildman–Crippen LogP) is 3.54. The number of aryl methyl sites for hydroxylation is 1. The predicted molar refractivity (Wildman–Crippen MR) is 93.8 cm³/mol. The minimum atomic E-state index is -0.531. The van der Waals surface area contributed by atoms with Gasteiger partial charge in [0, 0.05) is 29.5 Å². The van der Waals surface area contributed by atoms with E-state index in [1.807, 2.05) is 33.1 Å². The molecule has 1 heterocycles. The SMILES string of the molecule is Cc1csc(CC(CO)(CNC(=O)OC(C)(C)C)CC(C)C)n1. The lowest BCUT2D eigenvalue weighted by atomic mass is 9.78. The maximum atomic E-state index is 11.9. The standard InChI is InChI=1S/C17H30N2O3S/c1-12(2)7-17(11-20,8-14-19-13(3)9-23-14)10-18-15(21)22-16(4,5)6/h9,12,20H,7-8,10-11H2,1-6H3,(H,18,21). The second-order valence-electron chi connectivity index (χ2n) is 7.67. The van der Waals surface area contributed by atoms with Crippen molar-refractivity contribution in [2.45, 2.75) is 60.0 Å². The second kappa shape index (κ2) is 8.11. The monoisotopic (exact) mass is 342 g/mol. The number of hydrogen-bond donors (Lipinski definition) is 2. The average molecular weight is 343 g/mol. The summed E-state index contributed by atoms with van der Waals surface area (Å²) in [6, 6.07) is 0. The molecule has 0 bridgehead atoms. The van der Waals surface area contributed by atoms with Crippen molar-refractivity contribution in [1.82, 2.24) is 10.3 Å². The smallest absolute Gasteiger partial charge is 0.407 e. The molecule has 0 spiro atoms. The number of nitrogens with zero attached hydrogens (tertiary/aromatic N) is 1. The van der Waals surface area contributed by atoms with Crippen LogP contribution in [0.3, 0.4) is 0 Å². The highest BCUT2D eigenvalue weighted by Crippen LogP contribution is 2.31. The van der Waals surface area contributed by atoms with Gasteiger partial charge < -0.3 is 15.2 Å². The summed E-state index contributed by atoms with van der Waals surface area (Å²) in [5.74, 6) is 0.406. The Labute approximate surface area is 143 Å². The van der Waals surface area contributed by atoms with Gasteiger partial charge in [0.25, 0.3) is 0 Å². The van der Waals surface area contributed by atoms with Crippen molar-refractivity contribution in [3.05, 3.63) is 16.1 Å². The third-order valence-corrected chi connectivity index (χ3v) is 4.34. The number of aliphatic hydroxyl groups is 1. The first kappa shape index (κ1) is 19.9. The first-order valence-corrected chi connectivity index (χ1v) is 8.92. The molecule has 0 radical (unpaired) electrons. The number of ether oxygens (including phenoxy) is 1. The van der Waals surface area contributed by atoms with Crippen LogP contribution in [0.1, 0.15) is 51.7 Å². The Hall–Kier alpha value is -1.14. The number of hydrogen-bond acceptors (Lipinski definition) is 5. The molecule has 1 atom stereocenters. The molecule has 132 valence electrons. The average Bonchev–Trinajstić information content (AvgIpc) is 2.78. The zero-order valence-electron chi connectivity index (χ0n) is 15.1. The van der Waals surface area contributed by atoms with Gasteiger partial charge in [0.2, 0.25) is 0 Å². The van der Waals surface area contributed by atoms with Gasteiger partial charge in [0.15, 0.2) is 0 Å². The van der Waals surface area contributed by atoms with Crippen LogP contribution in [0, 0.1) is 18.3 Å². The van der Waals surface area contributed by atoms with Crippen molar-refractivity contribution < 1.29 is 14.6 Å². The molecule has 1 amide bonds. The Morgan fingerprint density at radius 2 is 2.09 bits per heavy atom. The van der Waals surface area contributed by atoms with Crippen LogP contribution in [0.15, 0.2) is 5.38 Å². The third-order valence-electron chi connectivity index (χ3n) is 3.38. The third kappa shape index (κ3) is 7.31. The maximum absolute atomic E-state index is 11.9. The molecule has 0 saturated carbocycles. The van der Waals surface area contributed by atoms with E-state index in [-0.39, 0.29) is 6.61 Å². The molecular formula is C17H30N2O3S. The zero-order valence-corrected chi connectivity index (χ0v) is 15.9. The van der Waals surface area contributed by atoms with E-state index in [2.05, 4.69) is 24.1 Å². The Balaban J connectivity index is 2.80. The number of thiazole rings is 1. The van der Waals surface area contributed by atoms with Gasteiger partial charge in [-0.05, 0) is 40.0 Å². The van der Waals surface area contributed by atoms with Gasteiger partial charge in [0.05, 0.1) is 11.6 Å². The molecular weight excluding hydrogens is 312 g/mol. The van der Waals surface area contributed by atoms with Crippen LogP contribution in [0.2, 0.25) is 0 Å². The van der Waals surface area contributed by atoms with Gasteiger partial charge in [-0.15, -0.1) is 11.3 Å². The number of alkyl carbamates (subject to hydrolysis) is 1. The molecule has 0 aromatic carbocycles. The Bertz CT molecular complexity index is 508. The summed E-state index contributed by atoms with van der Waals surface area (Å²) in [5, 5.41) is 15.8. The molecule has 1 rings (SSSR count). The number of carbonyl (C=O) groups is 1. The maximum Gasteiger partial charge on any atom is 0.407 e. The van der Waals surface area contributed by atoms with E-state index in [1.165, 1.54) is 0 Å². The van der Waals surface area contributed by atoms with Crippen LogP contribution in [-0.2, 0) is 11.2 Å². The van der Waals surface area contributed by atoms with Gasteiger partial charge in [0.1, 0.15) is 5.60 Å². The van der Waals surface area contributed by atoms with Crippen molar-refractivity contribution in [3.8, 4) is 0 Å². The molecule has 0 aliphatic heterocycles. The van der Waals surface area contributed by atoms with Crippen LogP contribution in [0.25, 0.3) is 0 Å². The molecule has 1 unspecified atom stereocenters. The Kier molecular flexibility index (Phi) is 7.02. The van der Waals surface area contributed by atoms with Gasteiger partial charge in [-0.25, -0.2) is 9.78 Å². The largest absolute Gasteiger partial charge is 0.444 e. The van der Waals surface area contributed by atoms with E-state index in [9.17, 15) is 9.90 Å². The fourth-order valence-corrected chi connectivity index (χ4v) is 3.57. The summed E-state index contributed by atoms with van der Waals surface area (Å²) < 4.78 is 5.29. The number of aromatic nitrogens is 1. The highest BCUT2D eigenvalue weighted by Gasteiger charge is 2.33. The first-order valence-electron chi connectivity index (χ1n) is 8.04. The molecule has 6 heteroatoms. The topological polar surface area (TPSA) is 71.5 Å². The molecule has 1 aromatic heterocycles. The number of aliphatic hydroxyl groups excluding tert-OH is 1. The van der Waals surface area contributed by atoms with Gasteiger partial charge in [-0.2, -0.15) is 0 Å². The molecule has 5 nitrogen and oxygen atoms in total. The number of amides is 1. The molecule has 1 aromatic rings. The molecule has 0 aliphatic rings. The lowest BCUT2D eigenvalue weighted by molar-refractivity contribution is 0.0440. The lowest BCUT2D eigenvalue weighted by Gasteiger charge is -2.33. The van der Waals surface area contributed by atoms with Gasteiger partial charge in [-0.1, -0.05) is 13.8 Å². The van der Waals surface area contributed by atoms with E-state index in [4.69, 9.17) is 4.74 Å². The van der Waals surface area contributed by atoms with Crippen molar-refractivity contribution in [2.75, 3.05) is 13.2 Å². The van der Waals surface area contributed by atoms with Crippen LogP contribution in [0.5, 0.6) is 0 Å². The van der Waals surface area contributed by atoms with Crippen LogP contribution >= 0.6 is 11.3 Å². The minimum Gasteiger partial charge on any atom is -0.444 e. The lowest BCUT2D eigenvalue weighted by Crippen LogP contribution is -2.44. The fourth-order valence-electron chi connectivity index (χ4n) is 2.63. The highest BCUT2D eigenvalue weighted by molar-refractivity contribution is 7.09. The van der Waals surface area contributed by atoms with Crippen molar-refractivity contribution in [1.29, 1.82) is 0 Å². The minimum absolute atomic E-state index is 0.000391. The van der Waals surface area contributed by atoms with E-state index in [0.29, 0.717) is 18.9 Å². The van der Waals surface area contributed by atoms with Crippen LogP contribution in [0.4, 0.5) is 4.79 Å². The Morgan fingerprint density at radius 1 is 1.43 bits per heavy atom. The summed E-state index contributed by atoms with van der Waals surface area (Å²) >= 11 is 1.60. The number of carbonyl (C=O) groups excluding carboxylic acids is 1. The number of rotatable bonds is 7. The summed E-state index contributed by atoms with van der Waals surface area (Å²) in [6.07, 6.45) is 1.00. The molecule has 0 aliphatic carbocycles. The quantitative estimate of drug-likeness (QED) is 0.795. The fraction of sp³-hybridized carbons (Fsp3) is 0.765. The first-order chi connectivity index (χ1) is 10.6. The number of nitrogens with one attached hydrogen (secondary N) is 1. The van der Waals surface area contributed by atoms with Gasteiger partial charge >= 0.3 is 6.09 Å². The summed E-state index contributed by atoms with van der Waals surface area (Å²) in [5.41, 5.74) is 0.0349. The summed E-state index contributed by atoms with van der Waals surface area (Å²) in [6.45, 7) is 12.1. The van der Waals surface area contributed by atoms with Crippen molar-refractivity contribution in [3.63, 3.8) is 0 Å². The zero-order chi connectivity index (χ0) is 17.7. The van der Waals surface area contributed by atoms with Gasteiger partial charge in [-0.3, -0.25) is 0 Å². The second-order valence-corrected chi connectivity index (χ2v) is 8.61. The van der Waals surface area contributed by atoms with Crippen LogP contribution < -0.4 is 5.32 Å². The normalized spacial score (nSPS) is 14.6. The summed E-state index contributed by atoms with van der Waals surface area (Å²) in [4.78, 5) is 16.4. The highest BCUT2D eigenvalue weighted by atomic mass is 32.1. The van der Waals surface area contributed by atoms with E-state index in [1.54, 1.807) is 11.3 Å². The van der Waals surface area contributed by atoms with E-state index >= 15 is 0 Å². The van der Waals surface area contributed by atoms with E-state index < -0.39 is 17.1 Å². The Morgan fingerprint density at radius 3 is 2.52 bits per heavy atom. The molecule has 0 fully saturated rings. The van der Waals surface area contributed by atoms with E-state index in [0.717, 1.165) is 17.1 Å². The summed E-state index contributed by atoms with van der Waals surface area (Å²) in [7, 11) is 0. The van der Waals surface area contributed by atoms with Crippen molar-refractivity contribution in [2.24, 2.45) is 11.3 Å². The molecule has 2 N–H and O–H groups in total. The molecule has 23 heavy (non-hydrogen) atoms. The van der Waals surface area contributed by atoms with Crippen LogP contribution in [-0.4, -0.2) is 34.9 Å².